The Bertz CT molecular complexity index is 1240. The second-order valence-electron chi connectivity index (χ2n) is 6.61. The number of imidazole rings is 1. The molecule has 10 heteroatoms. The van der Waals surface area contributed by atoms with Gasteiger partial charge in [0, 0.05) is 11.8 Å². The van der Waals surface area contributed by atoms with Crippen LogP contribution in [0.15, 0.2) is 53.3 Å². The number of hydrogen-bond acceptors (Lipinski definition) is 4. The molecule has 0 bridgehead atoms. The van der Waals surface area contributed by atoms with E-state index < -0.39 is 17.6 Å². The smallest absolute Gasteiger partial charge is 0.416 e. The zero-order valence-corrected chi connectivity index (χ0v) is 15.6. The minimum atomic E-state index is -4.52. The first-order chi connectivity index (χ1) is 14.2. The molecular weight excluding hydrogens is 401 g/mol. The molecular formula is C20H15F3N4O3. The van der Waals surface area contributed by atoms with Crippen LogP contribution in [0.5, 0.6) is 0 Å². The maximum Gasteiger partial charge on any atom is 0.416 e. The lowest BCUT2D eigenvalue weighted by atomic mass is 10.2. The van der Waals surface area contributed by atoms with Crippen LogP contribution in [-0.2, 0) is 12.7 Å². The maximum absolute atomic E-state index is 13.1. The summed E-state index contributed by atoms with van der Waals surface area (Å²) in [6, 6.07) is 7.94. The Morgan fingerprint density at radius 2 is 2.03 bits per heavy atom. The number of Topliss-reactive ketones (excluding diaryl/α,β-unsaturated/α-hetero) is 1. The Morgan fingerprint density at radius 3 is 2.67 bits per heavy atom. The first-order valence-electron chi connectivity index (χ1n) is 8.83. The minimum Gasteiger partial charge on any atom is -0.467 e. The largest absolute Gasteiger partial charge is 0.467 e. The lowest BCUT2D eigenvalue weighted by Gasteiger charge is -2.09. The van der Waals surface area contributed by atoms with Gasteiger partial charge in [-0.3, -0.25) is 14.9 Å². The first kappa shape index (κ1) is 19.5. The third kappa shape index (κ3) is 3.71. The number of halogens is 3. The van der Waals surface area contributed by atoms with Crippen LogP contribution in [0.3, 0.4) is 0 Å². The van der Waals surface area contributed by atoms with Crippen molar-refractivity contribution in [1.29, 1.82) is 0 Å². The number of ketones is 1. The van der Waals surface area contributed by atoms with Gasteiger partial charge in [-0.2, -0.15) is 13.2 Å². The van der Waals surface area contributed by atoms with Crippen LogP contribution in [0.4, 0.5) is 19.1 Å². The van der Waals surface area contributed by atoms with Gasteiger partial charge in [-0.1, -0.05) is 0 Å². The van der Waals surface area contributed by atoms with Gasteiger partial charge in [0.05, 0.1) is 29.4 Å². The highest BCUT2D eigenvalue weighted by Gasteiger charge is 2.31. The number of nitrogens with zero attached hydrogens (tertiary/aromatic N) is 2. The van der Waals surface area contributed by atoms with E-state index >= 15 is 0 Å². The Balaban J connectivity index is 1.74. The Kier molecular flexibility index (Phi) is 4.69. The van der Waals surface area contributed by atoms with E-state index in [1.165, 1.54) is 31.5 Å². The summed E-state index contributed by atoms with van der Waals surface area (Å²) in [6.45, 7) is 1.51. The molecule has 0 unspecified atom stereocenters. The molecule has 3 heterocycles. The molecule has 4 aromatic rings. The number of carbonyl (C=O) groups is 2. The summed E-state index contributed by atoms with van der Waals surface area (Å²) in [5.74, 6) is -0.224. The first-order valence-corrected chi connectivity index (χ1v) is 8.83. The fraction of sp³-hybridized carbons (Fsp3) is 0.150. The molecule has 0 aliphatic rings. The van der Waals surface area contributed by atoms with Crippen molar-refractivity contribution in [3.63, 3.8) is 0 Å². The molecule has 0 fully saturated rings. The molecule has 0 aliphatic carbocycles. The fourth-order valence-electron chi connectivity index (χ4n) is 3.02. The van der Waals surface area contributed by atoms with E-state index in [1.54, 1.807) is 16.7 Å². The number of aromatic amines is 1. The standard InChI is InChI=1S/C20H15F3N4O3/c1-11(28)12-7-16(24-9-12)18(29)26-19-25-15-8-13(20(21,22)23)4-5-17(15)27(19)10-14-3-2-6-30-14/h2-9,24H,10H2,1H3,(H,25,26,29). The van der Waals surface area contributed by atoms with Crippen LogP contribution in [-0.4, -0.2) is 26.2 Å². The van der Waals surface area contributed by atoms with E-state index in [-0.39, 0.29) is 29.5 Å². The molecule has 0 saturated carbocycles. The van der Waals surface area contributed by atoms with Crippen molar-refractivity contribution in [2.75, 3.05) is 5.32 Å². The van der Waals surface area contributed by atoms with Crippen LogP contribution in [0, 0.1) is 0 Å². The van der Waals surface area contributed by atoms with Gasteiger partial charge in [0.2, 0.25) is 5.95 Å². The van der Waals surface area contributed by atoms with E-state index in [9.17, 15) is 22.8 Å². The maximum atomic E-state index is 13.1. The van der Waals surface area contributed by atoms with Crippen LogP contribution in [0.2, 0.25) is 0 Å². The molecule has 2 N–H and O–H groups in total. The van der Waals surface area contributed by atoms with Crippen LogP contribution in [0.1, 0.15) is 39.1 Å². The summed E-state index contributed by atoms with van der Waals surface area (Å²) < 4.78 is 46.1. The van der Waals surface area contributed by atoms with Gasteiger partial charge in [0.15, 0.2) is 5.78 Å². The Hall–Kier alpha value is -3.82. The second-order valence-corrected chi connectivity index (χ2v) is 6.61. The van der Waals surface area contributed by atoms with Gasteiger partial charge < -0.3 is 14.0 Å². The van der Waals surface area contributed by atoms with Crippen molar-refractivity contribution in [3.8, 4) is 0 Å². The Morgan fingerprint density at radius 1 is 1.23 bits per heavy atom. The van der Waals surface area contributed by atoms with Gasteiger partial charge in [-0.05, 0) is 43.3 Å². The highest BCUT2D eigenvalue weighted by Crippen LogP contribution is 2.32. The summed E-state index contributed by atoms with van der Waals surface area (Å²) in [5.41, 5.74) is 0.0750. The lowest BCUT2D eigenvalue weighted by Crippen LogP contribution is -2.16. The number of rotatable bonds is 5. The topological polar surface area (TPSA) is 92.9 Å². The monoisotopic (exact) mass is 416 g/mol. The summed E-state index contributed by atoms with van der Waals surface area (Å²) in [5, 5.41) is 2.59. The molecule has 30 heavy (non-hydrogen) atoms. The fourth-order valence-corrected chi connectivity index (χ4v) is 3.02. The van der Waals surface area contributed by atoms with Gasteiger partial charge in [0.1, 0.15) is 11.5 Å². The average Bonchev–Trinajstić information content (AvgIpc) is 3.41. The molecule has 0 radical (unpaired) electrons. The predicted octanol–water partition coefficient (Wildman–Crippen LogP) is 4.48. The molecule has 1 aromatic carbocycles. The van der Waals surface area contributed by atoms with Crippen LogP contribution in [0.25, 0.3) is 11.0 Å². The van der Waals surface area contributed by atoms with Crippen molar-refractivity contribution in [2.24, 2.45) is 0 Å². The number of nitrogens with one attached hydrogen (secondary N) is 2. The van der Waals surface area contributed by atoms with Crippen molar-refractivity contribution < 1.29 is 27.2 Å². The van der Waals surface area contributed by atoms with E-state index in [1.807, 2.05) is 0 Å². The predicted molar refractivity (Wildman–Crippen MR) is 101 cm³/mol. The number of alkyl halides is 3. The average molecular weight is 416 g/mol. The number of furan rings is 1. The van der Waals surface area contributed by atoms with Crippen molar-refractivity contribution in [2.45, 2.75) is 19.6 Å². The number of H-pyrrole nitrogens is 1. The Labute approximate surface area is 167 Å². The number of fused-ring (bicyclic) bond motifs is 1. The number of carbonyl (C=O) groups excluding carboxylic acids is 2. The minimum absolute atomic E-state index is 0.0460. The normalized spacial score (nSPS) is 11.7. The number of anilines is 1. The number of hydrogen-bond donors (Lipinski definition) is 2. The van der Waals surface area contributed by atoms with E-state index in [2.05, 4.69) is 15.3 Å². The van der Waals surface area contributed by atoms with Gasteiger partial charge in [-0.15, -0.1) is 0 Å². The molecule has 0 saturated heterocycles. The summed E-state index contributed by atoms with van der Waals surface area (Å²) in [4.78, 5) is 30.9. The van der Waals surface area contributed by atoms with Gasteiger partial charge in [0.25, 0.3) is 5.91 Å². The van der Waals surface area contributed by atoms with Crippen molar-refractivity contribution >= 4 is 28.7 Å². The van der Waals surface area contributed by atoms with Crippen molar-refractivity contribution in [3.05, 3.63) is 71.4 Å². The SMILES string of the molecule is CC(=O)c1c[nH]c(C(=O)Nc2nc3cc(C(F)(F)F)ccc3n2Cc2ccco2)c1. The zero-order chi connectivity index (χ0) is 21.5. The molecule has 1 amide bonds. The molecule has 0 atom stereocenters. The van der Waals surface area contributed by atoms with Gasteiger partial charge >= 0.3 is 6.18 Å². The zero-order valence-electron chi connectivity index (χ0n) is 15.6. The van der Waals surface area contributed by atoms with Crippen molar-refractivity contribution in [1.82, 2.24) is 14.5 Å². The highest BCUT2D eigenvalue weighted by atomic mass is 19.4. The molecule has 0 aliphatic heterocycles. The quantitative estimate of drug-likeness (QED) is 0.469. The molecule has 0 spiro atoms. The number of amides is 1. The molecule has 3 aromatic heterocycles. The van der Waals surface area contributed by atoms with Crippen LogP contribution < -0.4 is 5.32 Å². The summed E-state index contributed by atoms with van der Waals surface area (Å²) >= 11 is 0. The van der Waals surface area contributed by atoms with E-state index in [4.69, 9.17) is 4.42 Å². The van der Waals surface area contributed by atoms with E-state index in [0.29, 0.717) is 16.8 Å². The van der Waals surface area contributed by atoms with Gasteiger partial charge in [-0.25, -0.2) is 4.98 Å². The van der Waals surface area contributed by atoms with Crippen LogP contribution >= 0.6 is 0 Å². The third-order valence-corrected chi connectivity index (χ3v) is 4.53. The molecule has 154 valence electrons. The number of benzene rings is 1. The summed E-state index contributed by atoms with van der Waals surface area (Å²) in [7, 11) is 0. The van der Waals surface area contributed by atoms with E-state index in [0.717, 1.165) is 12.1 Å². The molecule has 4 rings (SSSR count). The lowest BCUT2D eigenvalue weighted by molar-refractivity contribution is -0.137. The number of aromatic nitrogens is 3. The third-order valence-electron chi connectivity index (χ3n) is 4.53. The molecule has 7 nitrogen and oxygen atoms in total. The summed E-state index contributed by atoms with van der Waals surface area (Å²) in [6.07, 6.45) is -1.65. The highest BCUT2D eigenvalue weighted by molar-refractivity contribution is 6.05. The second kappa shape index (κ2) is 7.21.